The fourth-order valence-corrected chi connectivity index (χ4v) is 2.48. The lowest BCUT2D eigenvalue weighted by Gasteiger charge is -2.38. The van der Waals surface area contributed by atoms with Crippen molar-refractivity contribution in [1.82, 2.24) is 0 Å². The largest absolute Gasteiger partial charge is 0.131 e. The van der Waals surface area contributed by atoms with Crippen molar-refractivity contribution >= 4 is 9.24 Å². The minimum atomic E-state index is 0.464. The standard InChI is InChI=1S/C14H31P/c1-6-7-8-9-10-11-14(15,12(2)3)13(4)5/h12-13H,6-11,15H2,1-5H3. The van der Waals surface area contributed by atoms with Crippen LogP contribution in [-0.2, 0) is 0 Å². The predicted octanol–water partition coefficient (Wildman–Crippen LogP) is 5.27. The van der Waals surface area contributed by atoms with Crippen molar-refractivity contribution in [2.24, 2.45) is 11.8 Å². The van der Waals surface area contributed by atoms with Gasteiger partial charge in [-0.1, -0.05) is 66.7 Å². The molecule has 0 radical (unpaired) electrons. The van der Waals surface area contributed by atoms with Gasteiger partial charge in [0.2, 0.25) is 0 Å². The van der Waals surface area contributed by atoms with Crippen LogP contribution in [0, 0.1) is 11.8 Å². The van der Waals surface area contributed by atoms with Gasteiger partial charge in [0.05, 0.1) is 0 Å². The minimum absolute atomic E-state index is 0.464. The zero-order chi connectivity index (χ0) is 11.9. The van der Waals surface area contributed by atoms with Gasteiger partial charge in [0.25, 0.3) is 0 Å². The first-order valence-corrected chi connectivity index (χ1v) is 7.31. The first-order chi connectivity index (χ1) is 6.95. The molecule has 0 aromatic heterocycles. The maximum Gasteiger partial charge on any atom is -0.0104 e. The van der Waals surface area contributed by atoms with Gasteiger partial charge in [-0.15, -0.1) is 9.24 Å². The quantitative estimate of drug-likeness (QED) is 0.393. The fourth-order valence-electron chi connectivity index (χ4n) is 2.28. The van der Waals surface area contributed by atoms with Crippen LogP contribution in [0.5, 0.6) is 0 Å². The van der Waals surface area contributed by atoms with E-state index in [4.69, 9.17) is 0 Å². The summed E-state index contributed by atoms with van der Waals surface area (Å²) in [6.45, 7) is 11.7. The third-order valence-corrected chi connectivity index (χ3v) is 5.49. The van der Waals surface area contributed by atoms with Gasteiger partial charge < -0.3 is 0 Å². The Balaban J connectivity index is 3.88. The Morgan fingerprint density at radius 3 is 1.73 bits per heavy atom. The van der Waals surface area contributed by atoms with Crippen LogP contribution in [0.25, 0.3) is 0 Å². The Morgan fingerprint density at radius 2 is 1.33 bits per heavy atom. The molecule has 0 bridgehead atoms. The van der Waals surface area contributed by atoms with Gasteiger partial charge in [-0.3, -0.25) is 0 Å². The predicted molar refractivity (Wildman–Crippen MR) is 75.5 cm³/mol. The third kappa shape index (κ3) is 5.34. The van der Waals surface area contributed by atoms with Crippen LogP contribution in [0.3, 0.4) is 0 Å². The topological polar surface area (TPSA) is 0 Å². The zero-order valence-electron chi connectivity index (χ0n) is 11.5. The average Bonchev–Trinajstić information content (AvgIpc) is 2.16. The summed E-state index contributed by atoms with van der Waals surface area (Å²) in [6, 6.07) is 0. The maximum absolute atomic E-state index is 3.15. The molecule has 92 valence electrons. The molecule has 0 aliphatic rings. The van der Waals surface area contributed by atoms with Crippen molar-refractivity contribution < 1.29 is 0 Å². The van der Waals surface area contributed by atoms with E-state index in [-0.39, 0.29) is 0 Å². The summed E-state index contributed by atoms with van der Waals surface area (Å²) < 4.78 is 0. The van der Waals surface area contributed by atoms with Crippen molar-refractivity contribution in [3.63, 3.8) is 0 Å². The first kappa shape index (κ1) is 15.4. The lowest BCUT2D eigenvalue weighted by atomic mass is 9.80. The van der Waals surface area contributed by atoms with Gasteiger partial charge in [0.1, 0.15) is 0 Å². The van der Waals surface area contributed by atoms with Gasteiger partial charge >= 0.3 is 0 Å². The van der Waals surface area contributed by atoms with Gasteiger partial charge in [-0.25, -0.2) is 0 Å². The smallest absolute Gasteiger partial charge is 0.0104 e. The summed E-state index contributed by atoms with van der Waals surface area (Å²) in [5, 5.41) is 0.464. The second kappa shape index (κ2) is 7.66. The molecule has 0 nitrogen and oxygen atoms in total. The Bertz CT molecular complexity index is 141. The summed E-state index contributed by atoms with van der Waals surface area (Å²) in [4.78, 5) is 0. The van der Waals surface area contributed by atoms with E-state index >= 15 is 0 Å². The molecule has 0 aliphatic heterocycles. The van der Waals surface area contributed by atoms with E-state index in [2.05, 4.69) is 43.9 Å². The molecule has 0 aliphatic carbocycles. The lowest BCUT2D eigenvalue weighted by Crippen LogP contribution is -2.33. The van der Waals surface area contributed by atoms with Crippen LogP contribution >= 0.6 is 9.24 Å². The van der Waals surface area contributed by atoms with Crippen LogP contribution in [0.4, 0.5) is 0 Å². The van der Waals surface area contributed by atoms with Crippen LogP contribution in [0.2, 0.25) is 0 Å². The monoisotopic (exact) mass is 230 g/mol. The number of hydrogen-bond donors (Lipinski definition) is 0. The van der Waals surface area contributed by atoms with Gasteiger partial charge in [-0.05, 0) is 23.4 Å². The summed E-state index contributed by atoms with van der Waals surface area (Å²) in [5.74, 6) is 1.54. The van der Waals surface area contributed by atoms with E-state index in [1.165, 1.54) is 38.5 Å². The van der Waals surface area contributed by atoms with E-state index < -0.39 is 0 Å². The van der Waals surface area contributed by atoms with Crippen LogP contribution in [-0.4, -0.2) is 5.16 Å². The molecule has 0 amide bonds. The normalized spacial score (nSPS) is 12.8. The molecule has 0 saturated carbocycles. The van der Waals surface area contributed by atoms with Crippen molar-refractivity contribution in [3.8, 4) is 0 Å². The number of rotatable bonds is 8. The molecule has 15 heavy (non-hydrogen) atoms. The summed E-state index contributed by atoms with van der Waals surface area (Å²) in [5.41, 5.74) is 0. The second-order valence-corrected chi connectivity index (χ2v) is 6.66. The van der Waals surface area contributed by atoms with Crippen molar-refractivity contribution in [3.05, 3.63) is 0 Å². The highest BCUT2D eigenvalue weighted by Gasteiger charge is 2.31. The Labute approximate surface area is 99.8 Å². The molecular formula is C14H31P. The first-order valence-electron chi connectivity index (χ1n) is 6.74. The number of hydrogen-bond acceptors (Lipinski definition) is 0. The summed E-state index contributed by atoms with van der Waals surface area (Å²) in [7, 11) is 3.15. The SMILES string of the molecule is CCCCCCCC(P)(C(C)C)C(C)C. The molecule has 0 rings (SSSR count). The zero-order valence-corrected chi connectivity index (χ0v) is 12.6. The molecule has 0 fully saturated rings. The molecule has 0 spiro atoms. The molecule has 0 N–H and O–H groups in total. The molecule has 1 unspecified atom stereocenters. The molecule has 0 heterocycles. The van der Waals surface area contributed by atoms with Crippen LogP contribution in [0.15, 0.2) is 0 Å². The second-order valence-electron chi connectivity index (χ2n) is 5.59. The minimum Gasteiger partial charge on any atom is -0.131 e. The summed E-state index contributed by atoms with van der Waals surface area (Å²) in [6.07, 6.45) is 8.38. The molecule has 1 atom stereocenters. The van der Waals surface area contributed by atoms with Crippen molar-refractivity contribution in [2.45, 2.75) is 78.3 Å². The van der Waals surface area contributed by atoms with E-state index in [0.29, 0.717) is 5.16 Å². The number of unbranched alkanes of at least 4 members (excludes halogenated alkanes) is 4. The highest BCUT2D eigenvalue weighted by molar-refractivity contribution is 7.19. The molecule has 1 heteroatoms. The van der Waals surface area contributed by atoms with Crippen LogP contribution in [0.1, 0.15) is 73.1 Å². The van der Waals surface area contributed by atoms with Crippen molar-refractivity contribution in [2.75, 3.05) is 0 Å². The highest BCUT2D eigenvalue weighted by atomic mass is 31.0. The molecular weight excluding hydrogens is 199 g/mol. The fraction of sp³-hybridized carbons (Fsp3) is 1.00. The summed E-state index contributed by atoms with van der Waals surface area (Å²) >= 11 is 0. The van der Waals surface area contributed by atoms with E-state index in [9.17, 15) is 0 Å². The van der Waals surface area contributed by atoms with Crippen LogP contribution < -0.4 is 0 Å². The lowest BCUT2D eigenvalue weighted by molar-refractivity contribution is 0.304. The van der Waals surface area contributed by atoms with E-state index in [1.807, 2.05) is 0 Å². The van der Waals surface area contributed by atoms with Gasteiger partial charge in [-0.2, -0.15) is 0 Å². The maximum atomic E-state index is 3.15. The third-order valence-electron chi connectivity index (χ3n) is 3.86. The Hall–Kier alpha value is 0.430. The van der Waals surface area contributed by atoms with Gasteiger partial charge in [0, 0.05) is 0 Å². The Kier molecular flexibility index (Phi) is 7.88. The molecule has 0 saturated heterocycles. The average molecular weight is 230 g/mol. The van der Waals surface area contributed by atoms with E-state index in [0.717, 1.165) is 11.8 Å². The Morgan fingerprint density at radius 1 is 0.867 bits per heavy atom. The van der Waals surface area contributed by atoms with Gasteiger partial charge in [0.15, 0.2) is 0 Å². The highest BCUT2D eigenvalue weighted by Crippen LogP contribution is 2.40. The van der Waals surface area contributed by atoms with E-state index in [1.54, 1.807) is 0 Å². The van der Waals surface area contributed by atoms with Crippen molar-refractivity contribution in [1.29, 1.82) is 0 Å². The molecule has 0 aromatic carbocycles. The molecule has 0 aromatic rings.